The van der Waals surface area contributed by atoms with Crippen molar-refractivity contribution in [2.24, 2.45) is 5.73 Å². The Labute approximate surface area is 184 Å². The number of nitrogens with one attached hydrogen (secondary N) is 2. The largest absolute Gasteiger partial charge is 0.405 e. The first-order valence-corrected chi connectivity index (χ1v) is 10.6. The number of aryl methyl sites for hydroxylation is 1. The summed E-state index contributed by atoms with van der Waals surface area (Å²) in [6, 6.07) is 6.61. The fourth-order valence-corrected chi connectivity index (χ4v) is 3.32. The minimum atomic E-state index is -0.342. The summed E-state index contributed by atoms with van der Waals surface area (Å²) in [5.41, 5.74) is 7.38. The Morgan fingerprint density at radius 3 is 2.65 bits per heavy atom. The third-order valence-corrected chi connectivity index (χ3v) is 4.85. The molecule has 2 rings (SSSR count). The zero-order valence-corrected chi connectivity index (χ0v) is 18.7. The van der Waals surface area contributed by atoms with Gasteiger partial charge in [0.25, 0.3) is 5.91 Å². The highest BCUT2D eigenvalue weighted by atomic mass is 16.2. The smallest absolute Gasteiger partial charge is 0.328 e. The van der Waals surface area contributed by atoms with E-state index in [1.54, 1.807) is 35.4 Å². The maximum Gasteiger partial charge on any atom is 0.328 e. The van der Waals surface area contributed by atoms with Gasteiger partial charge in [0.1, 0.15) is 17.3 Å². The molecular formula is C23H32N6O2. The Kier molecular flexibility index (Phi) is 8.99. The molecule has 0 aromatic carbocycles. The standard InChI is InChI=1S/C23H32N6O2/c1-5-8-18(6-2)29(21-16(4)9-10-19(27-21)22(30)25-7-3)23(31)28-20-15-17(11-13-24)12-14-26-20/h9-15,18H,5-8,24H2,1-4H3,(H,25,30)(H,26,28,31)/b13-11+. The lowest BCUT2D eigenvalue weighted by atomic mass is 10.1. The van der Waals surface area contributed by atoms with Gasteiger partial charge >= 0.3 is 6.03 Å². The summed E-state index contributed by atoms with van der Waals surface area (Å²) in [6.07, 6.45) is 7.23. The zero-order chi connectivity index (χ0) is 22.8. The first-order valence-electron chi connectivity index (χ1n) is 10.6. The third-order valence-electron chi connectivity index (χ3n) is 4.85. The summed E-state index contributed by atoms with van der Waals surface area (Å²) in [4.78, 5) is 36.2. The van der Waals surface area contributed by atoms with Crippen LogP contribution in [0.15, 0.2) is 36.7 Å². The van der Waals surface area contributed by atoms with Crippen LogP contribution in [0, 0.1) is 6.92 Å². The molecule has 0 aliphatic rings. The van der Waals surface area contributed by atoms with Gasteiger partial charge in [-0.3, -0.25) is 15.0 Å². The molecule has 2 aromatic heterocycles. The summed E-state index contributed by atoms with van der Waals surface area (Å²) in [7, 11) is 0. The molecule has 0 radical (unpaired) electrons. The van der Waals surface area contributed by atoms with E-state index in [0.29, 0.717) is 18.2 Å². The van der Waals surface area contributed by atoms with Crippen LogP contribution in [-0.4, -0.2) is 34.5 Å². The van der Waals surface area contributed by atoms with Crippen LogP contribution in [0.25, 0.3) is 6.08 Å². The SMILES string of the molecule is CCCC(CC)N(C(=O)Nc1cc(/C=C/N)ccn1)c1nc(C(=O)NCC)ccc1C. The minimum absolute atomic E-state index is 0.0761. The highest BCUT2D eigenvalue weighted by Gasteiger charge is 2.27. The highest BCUT2D eigenvalue weighted by molar-refractivity contribution is 6.02. The Balaban J connectivity index is 2.46. The van der Waals surface area contributed by atoms with Crippen LogP contribution in [-0.2, 0) is 0 Å². The molecule has 2 aromatic rings. The van der Waals surface area contributed by atoms with E-state index in [2.05, 4.69) is 27.5 Å². The van der Waals surface area contributed by atoms with Gasteiger partial charge in [0.2, 0.25) is 0 Å². The molecule has 2 heterocycles. The monoisotopic (exact) mass is 424 g/mol. The van der Waals surface area contributed by atoms with Crippen molar-refractivity contribution in [3.05, 3.63) is 53.5 Å². The molecule has 1 unspecified atom stereocenters. The van der Waals surface area contributed by atoms with E-state index < -0.39 is 0 Å². The molecule has 4 N–H and O–H groups in total. The number of nitrogens with zero attached hydrogens (tertiary/aromatic N) is 3. The number of amides is 3. The molecular weight excluding hydrogens is 392 g/mol. The molecule has 8 heteroatoms. The maximum absolute atomic E-state index is 13.4. The summed E-state index contributed by atoms with van der Waals surface area (Å²) in [5, 5.41) is 5.63. The number of pyridine rings is 2. The Morgan fingerprint density at radius 1 is 1.23 bits per heavy atom. The second kappa shape index (κ2) is 11.7. The summed E-state index contributed by atoms with van der Waals surface area (Å²) in [5.74, 6) is 0.615. The van der Waals surface area contributed by atoms with Crippen molar-refractivity contribution >= 4 is 29.7 Å². The molecule has 0 saturated carbocycles. The molecule has 0 spiro atoms. The molecule has 166 valence electrons. The average molecular weight is 425 g/mol. The fraction of sp³-hybridized carbons (Fsp3) is 0.391. The van der Waals surface area contributed by atoms with Crippen LogP contribution < -0.4 is 21.3 Å². The predicted octanol–water partition coefficient (Wildman–Crippen LogP) is 4.08. The van der Waals surface area contributed by atoms with Gasteiger partial charge in [-0.2, -0.15) is 0 Å². The normalized spacial score (nSPS) is 11.9. The van der Waals surface area contributed by atoms with Crippen molar-refractivity contribution < 1.29 is 9.59 Å². The lowest BCUT2D eigenvalue weighted by Gasteiger charge is -2.31. The number of carbonyl (C=O) groups excluding carboxylic acids is 2. The number of hydrogen-bond donors (Lipinski definition) is 3. The number of carbonyl (C=O) groups is 2. The zero-order valence-electron chi connectivity index (χ0n) is 18.7. The van der Waals surface area contributed by atoms with Crippen LogP contribution in [0.2, 0.25) is 0 Å². The van der Waals surface area contributed by atoms with Gasteiger partial charge in [0.05, 0.1) is 0 Å². The van der Waals surface area contributed by atoms with E-state index in [1.807, 2.05) is 26.8 Å². The number of aromatic nitrogens is 2. The van der Waals surface area contributed by atoms with E-state index >= 15 is 0 Å². The van der Waals surface area contributed by atoms with Crippen molar-refractivity contribution in [2.75, 3.05) is 16.8 Å². The first-order chi connectivity index (χ1) is 14.9. The second-order valence-corrected chi connectivity index (χ2v) is 7.18. The van der Waals surface area contributed by atoms with E-state index in [4.69, 9.17) is 5.73 Å². The van der Waals surface area contributed by atoms with Crippen LogP contribution in [0.3, 0.4) is 0 Å². The van der Waals surface area contributed by atoms with E-state index in [1.165, 1.54) is 6.20 Å². The third kappa shape index (κ3) is 6.28. The van der Waals surface area contributed by atoms with E-state index in [-0.39, 0.29) is 23.7 Å². The van der Waals surface area contributed by atoms with Crippen molar-refractivity contribution in [3.8, 4) is 0 Å². The van der Waals surface area contributed by atoms with Crippen molar-refractivity contribution in [1.29, 1.82) is 0 Å². The number of rotatable bonds is 9. The van der Waals surface area contributed by atoms with Gasteiger partial charge in [-0.1, -0.05) is 26.3 Å². The second-order valence-electron chi connectivity index (χ2n) is 7.18. The quantitative estimate of drug-likeness (QED) is 0.561. The number of nitrogens with two attached hydrogens (primary N) is 1. The molecule has 0 bridgehead atoms. The molecule has 3 amide bonds. The van der Waals surface area contributed by atoms with Gasteiger partial charge in [-0.25, -0.2) is 14.8 Å². The van der Waals surface area contributed by atoms with E-state index in [9.17, 15) is 9.59 Å². The Hall–Kier alpha value is -3.42. The van der Waals surface area contributed by atoms with Crippen LogP contribution in [0.1, 0.15) is 61.6 Å². The summed E-state index contributed by atoms with van der Waals surface area (Å²) < 4.78 is 0. The van der Waals surface area contributed by atoms with Crippen LogP contribution in [0.5, 0.6) is 0 Å². The molecule has 31 heavy (non-hydrogen) atoms. The van der Waals surface area contributed by atoms with Crippen LogP contribution in [0.4, 0.5) is 16.4 Å². The summed E-state index contributed by atoms with van der Waals surface area (Å²) in [6.45, 7) is 8.35. The highest BCUT2D eigenvalue weighted by Crippen LogP contribution is 2.25. The van der Waals surface area contributed by atoms with Crippen molar-refractivity contribution in [3.63, 3.8) is 0 Å². The van der Waals surface area contributed by atoms with Gasteiger partial charge < -0.3 is 11.1 Å². The van der Waals surface area contributed by atoms with Crippen molar-refractivity contribution in [1.82, 2.24) is 15.3 Å². The van der Waals surface area contributed by atoms with Gasteiger partial charge in [0, 0.05) is 18.8 Å². The molecule has 0 saturated heterocycles. The van der Waals surface area contributed by atoms with Gasteiger partial charge in [-0.05, 0) is 68.3 Å². The molecule has 8 nitrogen and oxygen atoms in total. The van der Waals surface area contributed by atoms with Gasteiger partial charge in [0.15, 0.2) is 0 Å². The first kappa shape index (κ1) is 23.9. The van der Waals surface area contributed by atoms with Crippen LogP contribution >= 0.6 is 0 Å². The van der Waals surface area contributed by atoms with Crippen molar-refractivity contribution in [2.45, 2.75) is 53.0 Å². The number of anilines is 2. The lowest BCUT2D eigenvalue weighted by Crippen LogP contribution is -2.44. The molecule has 0 aliphatic heterocycles. The molecule has 1 atom stereocenters. The Bertz CT molecular complexity index is 928. The fourth-order valence-electron chi connectivity index (χ4n) is 3.32. The van der Waals surface area contributed by atoms with E-state index in [0.717, 1.165) is 30.4 Å². The predicted molar refractivity (Wildman–Crippen MR) is 125 cm³/mol. The molecule has 0 fully saturated rings. The molecule has 0 aliphatic carbocycles. The van der Waals surface area contributed by atoms with Gasteiger partial charge in [-0.15, -0.1) is 0 Å². The Morgan fingerprint density at radius 2 is 2.00 bits per heavy atom. The minimum Gasteiger partial charge on any atom is -0.405 e. The summed E-state index contributed by atoms with van der Waals surface area (Å²) >= 11 is 0. The lowest BCUT2D eigenvalue weighted by molar-refractivity contribution is 0.0951. The average Bonchev–Trinajstić information content (AvgIpc) is 2.75. The maximum atomic E-state index is 13.4. The number of urea groups is 1. The topological polar surface area (TPSA) is 113 Å². The number of hydrogen-bond acceptors (Lipinski definition) is 5.